The number of amides is 1. The predicted octanol–water partition coefficient (Wildman–Crippen LogP) is 3.09. The number of aromatic nitrogens is 1. The molecule has 0 bridgehead atoms. The van der Waals surface area contributed by atoms with Crippen LogP contribution in [0.2, 0.25) is 0 Å². The van der Waals surface area contributed by atoms with E-state index >= 15 is 0 Å². The molecule has 116 valence electrons. The first-order valence-corrected chi connectivity index (χ1v) is 6.06. The molecule has 22 heavy (non-hydrogen) atoms. The van der Waals surface area contributed by atoms with Gasteiger partial charge < -0.3 is 10.3 Å². The molecule has 1 aromatic heterocycles. The number of aryl methyl sites for hydroxylation is 1. The van der Waals surface area contributed by atoms with Gasteiger partial charge in [0, 0.05) is 5.69 Å². The maximum absolute atomic E-state index is 13.1. The van der Waals surface area contributed by atoms with Crippen molar-refractivity contribution < 1.29 is 22.4 Å². The number of pyridine rings is 1. The summed E-state index contributed by atoms with van der Waals surface area (Å²) in [6.45, 7) is 1.60. The Hall–Kier alpha value is -2.64. The second kappa shape index (κ2) is 5.63. The zero-order chi connectivity index (χ0) is 16.5. The monoisotopic (exact) mass is 314 g/mol. The van der Waals surface area contributed by atoms with Gasteiger partial charge in [-0.05, 0) is 36.8 Å². The van der Waals surface area contributed by atoms with E-state index in [9.17, 15) is 27.2 Å². The van der Waals surface area contributed by atoms with Crippen LogP contribution in [0.25, 0.3) is 0 Å². The van der Waals surface area contributed by atoms with E-state index in [4.69, 9.17) is 0 Å². The largest absolute Gasteiger partial charge is 0.431 e. The van der Waals surface area contributed by atoms with Gasteiger partial charge in [-0.25, -0.2) is 4.39 Å². The minimum Gasteiger partial charge on any atom is -0.321 e. The van der Waals surface area contributed by atoms with Crippen molar-refractivity contribution in [2.75, 3.05) is 5.32 Å². The fourth-order valence-electron chi connectivity index (χ4n) is 1.74. The maximum Gasteiger partial charge on any atom is 0.431 e. The van der Waals surface area contributed by atoms with Crippen LogP contribution in [0.3, 0.4) is 0 Å². The summed E-state index contributed by atoms with van der Waals surface area (Å²) in [6, 6.07) is 5.02. The smallest absolute Gasteiger partial charge is 0.321 e. The predicted molar refractivity (Wildman–Crippen MR) is 71.2 cm³/mol. The molecule has 2 N–H and O–H groups in total. The average molecular weight is 314 g/mol. The molecule has 0 aliphatic rings. The van der Waals surface area contributed by atoms with Crippen molar-refractivity contribution in [2.24, 2.45) is 0 Å². The number of carbonyl (C=O) groups is 1. The van der Waals surface area contributed by atoms with E-state index in [1.54, 1.807) is 11.9 Å². The normalized spacial score (nSPS) is 11.3. The number of hydrogen-bond acceptors (Lipinski definition) is 2. The number of rotatable bonds is 2. The van der Waals surface area contributed by atoms with Crippen molar-refractivity contribution in [2.45, 2.75) is 13.1 Å². The fourth-order valence-corrected chi connectivity index (χ4v) is 1.74. The summed E-state index contributed by atoms with van der Waals surface area (Å²) in [5.41, 5.74) is -2.27. The van der Waals surface area contributed by atoms with E-state index in [0.29, 0.717) is 11.6 Å². The van der Waals surface area contributed by atoms with E-state index in [2.05, 4.69) is 5.32 Å². The summed E-state index contributed by atoms with van der Waals surface area (Å²) in [6.07, 6.45) is -4.71. The van der Waals surface area contributed by atoms with E-state index in [1.807, 2.05) is 0 Å². The summed E-state index contributed by atoms with van der Waals surface area (Å²) in [4.78, 5) is 25.1. The summed E-state index contributed by atoms with van der Waals surface area (Å²) in [7, 11) is 0. The Labute approximate surface area is 121 Å². The lowest BCUT2D eigenvalue weighted by atomic mass is 10.1. The van der Waals surface area contributed by atoms with Gasteiger partial charge in [-0.15, -0.1) is 0 Å². The molecule has 0 unspecified atom stereocenters. The van der Waals surface area contributed by atoms with Gasteiger partial charge in [-0.1, -0.05) is 6.07 Å². The number of halogens is 4. The lowest BCUT2D eigenvalue weighted by Gasteiger charge is -2.09. The highest BCUT2D eigenvalue weighted by atomic mass is 19.4. The van der Waals surface area contributed by atoms with Gasteiger partial charge in [0.2, 0.25) is 0 Å². The highest BCUT2D eigenvalue weighted by Gasteiger charge is 2.32. The third-order valence-electron chi connectivity index (χ3n) is 2.91. The topological polar surface area (TPSA) is 62.0 Å². The molecule has 2 aromatic rings. The van der Waals surface area contributed by atoms with Gasteiger partial charge in [0.1, 0.15) is 17.1 Å². The number of H-pyrrole nitrogens is 1. The lowest BCUT2D eigenvalue weighted by molar-refractivity contribution is -0.141. The van der Waals surface area contributed by atoms with Crippen LogP contribution in [0.5, 0.6) is 0 Å². The standard InChI is InChI=1S/C14H10F4N2O2/c1-7-2-3-8(15)6-10(7)19-12(21)9-4-5-11(14(16,17)18)20-13(9)22/h2-6H,1H3,(H,19,21)(H,20,22). The number of aromatic amines is 1. The van der Waals surface area contributed by atoms with Gasteiger partial charge in [-0.2, -0.15) is 13.2 Å². The molecule has 4 nitrogen and oxygen atoms in total. The Morgan fingerprint density at radius 1 is 1.18 bits per heavy atom. The van der Waals surface area contributed by atoms with Crippen molar-refractivity contribution >= 4 is 11.6 Å². The zero-order valence-corrected chi connectivity index (χ0v) is 11.2. The molecule has 0 saturated carbocycles. The summed E-state index contributed by atoms with van der Waals surface area (Å²) in [5.74, 6) is -1.52. The molecule has 0 saturated heterocycles. The van der Waals surface area contributed by atoms with Gasteiger partial charge in [0.15, 0.2) is 0 Å². The summed E-state index contributed by atoms with van der Waals surface area (Å²) >= 11 is 0. The van der Waals surface area contributed by atoms with Crippen molar-refractivity contribution in [3.05, 3.63) is 63.3 Å². The first kappa shape index (κ1) is 15.7. The fraction of sp³-hybridized carbons (Fsp3) is 0.143. The summed E-state index contributed by atoms with van der Waals surface area (Å²) < 4.78 is 50.4. The lowest BCUT2D eigenvalue weighted by Crippen LogP contribution is -2.26. The molecule has 1 heterocycles. The molecule has 1 aromatic carbocycles. The van der Waals surface area contributed by atoms with Crippen LogP contribution >= 0.6 is 0 Å². The van der Waals surface area contributed by atoms with Gasteiger partial charge in [0.05, 0.1) is 0 Å². The van der Waals surface area contributed by atoms with E-state index in [-0.39, 0.29) is 5.69 Å². The van der Waals surface area contributed by atoms with Crippen molar-refractivity contribution in [3.8, 4) is 0 Å². The molecular weight excluding hydrogens is 304 g/mol. The van der Waals surface area contributed by atoms with Crippen LogP contribution in [0.15, 0.2) is 35.1 Å². The second-order valence-electron chi connectivity index (χ2n) is 4.53. The number of nitrogens with one attached hydrogen (secondary N) is 2. The Balaban J connectivity index is 2.31. The van der Waals surface area contributed by atoms with Crippen molar-refractivity contribution in [1.82, 2.24) is 4.98 Å². The number of anilines is 1. The maximum atomic E-state index is 13.1. The molecule has 0 aliphatic heterocycles. The van der Waals surface area contributed by atoms with Crippen LogP contribution in [0, 0.1) is 12.7 Å². The van der Waals surface area contributed by atoms with Gasteiger partial charge >= 0.3 is 6.18 Å². The molecule has 1 amide bonds. The Kier molecular flexibility index (Phi) is 4.03. The Morgan fingerprint density at radius 2 is 1.86 bits per heavy atom. The molecule has 8 heteroatoms. The first-order chi connectivity index (χ1) is 10.2. The van der Waals surface area contributed by atoms with Gasteiger partial charge in [0.25, 0.3) is 11.5 Å². The number of hydrogen-bond donors (Lipinski definition) is 2. The molecule has 0 radical (unpaired) electrons. The Bertz CT molecular complexity index is 781. The van der Waals surface area contributed by atoms with Crippen LogP contribution in [-0.4, -0.2) is 10.9 Å². The third kappa shape index (κ3) is 3.33. The quantitative estimate of drug-likeness (QED) is 0.837. The van der Waals surface area contributed by atoms with E-state index in [1.165, 1.54) is 12.1 Å². The highest BCUT2D eigenvalue weighted by Crippen LogP contribution is 2.26. The molecule has 0 spiro atoms. The zero-order valence-electron chi connectivity index (χ0n) is 11.2. The molecule has 0 fully saturated rings. The molecule has 2 rings (SSSR count). The Morgan fingerprint density at radius 3 is 2.45 bits per heavy atom. The van der Waals surface area contributed by atoms with Crippen LogP contribution in [0.1, 0.15) is 21.6 Å². The molecule has 0 aliphatic carbocycles. The third-order valence-corrected chi connectivity index (χ3v) is 2.91. The number of benzene rings is 1. The van der Waals surface area contributed by atoms with E-state index in [0.717, 1.165) is 12.1 Å². The molecule has 0 atom stereocenters. The first-order valence-electron chi connectivity index (χ1n) is 6.06. The van der Waals surface area contributed by atoms with Gasteiger partial charge in [-0.3, -0.25) is 9.59 Å². The summed E-state index contributed by atoms with van der Waals surface area (Å²) in [5, 5.41) is 2.29. The second-order valence-corrected chi connectivity index (χ2v) is 4.53. The number of alkyl halides is 3. The van der Waals surface area contributed by atoms with Crippen molar-refractivity contribution in [1.29, 1.82) is 0 Å². The van der Waals surface area contributed by atoms with Crippen LogP contribution < -0.4 is 10.9 Å². The average Bonchev–Trinajstić information content (AvgIpc) is 2.41. The minimum absolute atomic E-state index is 0.129. The highest BCUT2D eigenvalue weighted by molar-refractivity contribution is 6.04. The SMILES string of the molecule is Cc1ccc(F)cc1NC(=O)c1ccc(C(F)(F)F)[nH]c1=O. The van der Waals surface area contributed by atoms with Crippen molar-refractivity contribution in [3.63, 3.8) is 0 Å². The van der Waals surface area contributed by atoms with Crippen LogP contribution in [-0.2, 0) is 6.18 Å². The number of carbonyl (C=O) groups excluding carboxylic acids is 1. The minimum atomic E-state index is -4.71. The molecular formula is C14H10F4N2O2. The van der Waals surface area contributed by atoms with E-state index < -0.39 is 34.7 Å². The van der Waals surface area contributed by atoms with Crippen LogP contribution in [0.4, 0.5) is 23.2 Å².